The Balaban J connectivity index is 2.01. The van der Waals surface area contributed by atoms with Crippen LogP contribution < -0.4 is 5.32 Å². The first kappa shape index (κ1) is 15.6. The van der Waals surface area contributed by atoms with Gasteiger partial charge in [0.05, 0.1) is 21.2 Å². The van der Waals surface area contributed by atoms with Gasteiger partial charge in [0.25, 0.3) is 5.91 Å². The van der Waals surface area contributed by atoms with Gasteiger partial charge >= 0.3 is 0 Å². The Bertz CT molecular complexity index is 463. The van der Waals surface area contributed by atoms with Crippen molar-refractivity contribution in [2.24, 2.45) is 0 Å². The highest BCUT2D eigenvalue weighted by Gasteiger charge is 2.29. The lowest BCUT2D eigenvalue weighted by Crippen LogP contribution is -2.42. The number of carbonyl (C=O) groups excluding carboxylic acids is 1. The topological polar surface area (TPSA) is 49.3 Å². The van der Waals surface area contributed by atoms with E-state index in [1.54, 1.807) is 18.2 Å². The number of halogens is 2. The van der Waals surface area contributed by atoms with Crippen LogP contribution in [-0.4, -0.2) is 23.2 Å². The first-order valence-corrected chi connectivity index (χ1v) is 7.72. The molecular weight excluding hydrogens is 297 g/mol. The zero-order valence-electron chi connectivity index (χ0n) is 11.3. The molecule has 0 aromatic heterocycles. The number of rotatable bonds is 3. The summed E-state index contributed by atoms with van der Waals surface area (Å²) in [6.45, 7) is 0.243. The molecule has 2 N–H and O–H groups in total. The number of hydrogen-bond acceptors (Lipinski definition) is 2. The molecule has 20 heavy (non-hydrogen) atoms. The molecule has 1 saturated carbocycles. The van der Waals surface area contributed by atoms with Crippen molar-refractivity contribution in [1.82, 2.24) is 5.32 Å². The SMILES string of the molecule is O=C(NCC1(O)CCCCCC1)c1c(Cl)cccc1Cl. The minimum Gasteiger partial charge on any atom is -0.388 e. The molecule has 3 nitrogen and oxygen atoms in total. The molecule has 0 unspecified atom stereocenters. The average molecular weight is 316 g/mol. The third-order valence-corrected chi connectivity index (χ3v) is 4.43. The van der Waals surface area contributed by atoms with E-state index in [2.05, 4.69) is 5.32 Å². The molecule has 1 fully saturated rings. The van der Waals surface area contributed by atoms with Crippen molar-refractivity contribution < 1.29 is 9.90 Å². The quantitative estimate of drug-likeness (QED) is 0.833. The Labute approximate surface area is 129 Å². The Morgan fingerprint density at radius 2 is 1.70 bits per heavy atom. The Kier molecular flexibility index (Phi) is 5.30. The van der Waals surface area contributed by atoms with Crippen LogP contribution in [0.4, 0.5) is 0 Å². The highest BCUT2D eigenvalue weighted by Crippen LogP contribution is 2.27. The van der Waals surface area contributed by atoms with Gasteiger partial charge in [0, 0.05) is 6.54 Å². The van der Waals surface area contributed by atoms with E-state index in [0.717, 1.165) is 38.5 Å². The first-order chi connectivity index (χ1) is 9.52. The second kappa shape index (κ2) is 6.79. The molecule has 0 atom stereocenters. The van der Waals surface area contributed by atoms with Crippen LogP contribution in [0.3, 0.4) is 0 Å². The molecule has 1 aromatic rings. The van der Waals surface area contributed by atoms with Gasteiger partial charge in [-0.2, -0.15) is 0 Å². The molecule has 1 aliphatic carbocycles. The standard InChI is InChI=1S/C15H19Cl2NO2/c16-11-6-5-7-12(17)13(11)14(19)18-10-15(20)8-3-1-2-4-9-15/h5-7,20H,1-4,8-10H2,(H,18,19). The first-order valence-electron chi connectivity index (χ1n) is 6.96. The zero-order chi connectivity index (χ0) is 14.6. The summed E-state index contributed by atoms with van der Waals surface area (Å²) in [5.74, 6) is -0.335. The molecule has 110 valence electrons. The van der Waals surface area contributed by atoms with Gasteiger partial charge < -0.3 is 10.4 Å². The molecule has 0 bridgehead atoms. The second-order valence-electron chi connectivity index (χ2n) is 5.42. The molecule has 0 heterocycles. The van der Waals surface area contributed by atoms with Crippen molar-refractivity contribution >= 4 is 29.1 Å². The predicted octanol–water partition coefficient (Wildman–Crippen LogP) is 3.81. The van der Waals surface area contributed by atoms with Crippen LogP contribution in [0.2, 0.25) is 10.0 Å². The second-order valence-corrected chi connectivity index (χ2v) is 6.23. The number of nitrogens with one attached hydrogen (secondary N) is 1. The van der Waals surface area contributed by atoms with E-state index in [0.29, 0.717) is 10.0 Å². The molecule has 0 saturated heterocycles. The lowest BCUT2D eigenvalue weighted by molar-refractivity contribution is 0.0246. The summed E-state index contributed by atoms with van der Waals surface area (Å²) >= 11 is 12.0. The predicted molar refractivity (Wildman–Crippen MR) is 81.4 cm³/mol. The number of carbonyl (C=O) groups is 1. The molecule has 0 aliphatic heterocycles. The van der Waals surface area contributed by atoms with Gasteiger partial charge in [-0.25, -0.2) is 0 Å². The summed E-state index contributed by atoms with van der Waals surface area (Å²) in [4.78, 5) is 12.2. The van der Waals surface area contributed by atoms with E-state index in [4.69, 9.17) is 23.2 Å². The minimum absolute atomic E-state index is 0.243. The number of hydrogen-bond donors (Lipinski definition) is 2. The van der Waals surface area contributed by atoms with Crippen molar-refractivity contribution in [2.45, 2.75) is 44.1 Å². The van der Waals surface area contributed by atoms with Gasteiger partial charge in [0.15, 0.2) is 0 Å². The van der Waals surface area contributed by atoms with Gasteiger partial charge in [-0.05, 0) is 25.0 Å². The van der Waals surface area contributed by atoms with Crippen molar-refractivity contribution in [3.8, 4) is 0 Å². The van der Waals surface area contributed by atoms with E-state index in [1.165, 1.54) is 0 Å². The third kappa shape index (κ3) is 3.87. The molecule has 5 heteroatoms. The third-order valence-electron chi connectivity index (χ3n) is 3.80. The fourth-order valence-electron chi connectivity index (χ4n) is 2.61. The van der Waals surface area contributed by atoms with Crippen LogP contribution in [0.25, 0.3) is 0 Å². The van der Waals surface area contributed by atoms with Gasteiger partial charge in [-0.15, -0.1) is 0 Å². The molecule has 1 amide bonds. The van der Waals surface area contributed by atoms with Gasteiger partial charge in [-0.3, -0.25) is 4.79 Å². The summed E-state index contributed by atoms with van der Waals surface area (Å²) < 4.78 is 0. The van der Waals surface area contributed by atoms with E-state index in [1.807, 2.05) is 0 Å². The van der Waals surface area contributed by atoms with E-state index < -0.39 is 5.60 Å². The van der Waals surface area contributed by atoms with E-state index in [-0.39, 0.29) is 18.0 Å². The number of aliphatic hydroxyl groups is 1. The Morgan fingerprint density at radius 3 is 2.25 bits per heavy atom. The fourth-order valence-corrected chi connectivity index (χ4v) is 3.18. The summed E-state index contributed by atoms with van der Waals surface area (Å²) in [7, 11) is 0. The smallest absolute Gasteiger partial charge is 0.254 e. The van der Waals surface area contributed by atoms with Crippen LogP contribution in [-0.2, 0) is 0 Å². The summed E-state index contributed by atoms with van der Waals surface area (Å²) in [6.07, 6.45) is 5.74. The van der Waals surface area contributed by atoms with Crippen LogP contribution in [0.5, 0.6) is 0 Å². The Hall–Kier alpha value is -0.770. The summed E-state index contributed by atoms with van der Waals surface area (Å²) in [5, 5.41) is 13.9. The van der Waals surface area contributed by atoms with Crippen molar-refractivity contribution in [1.29, 1.82) is 0 Å². The maximum atomic E-state index is 12.2. The number of amides is 1. The minimum atomic E-state index is -0.806. The highest BCUT2D eigenvalue weighted by molar-refractivity contribution is 6.39. The van der Waals surface area contributed by atoms with Gasteiger partial charge in [-0.1, -0.05) is 55.0 Å². The van der Waals surface area contributed by atoms with Crippen LogP contribution in [0, 0.1) is 0 Å². The molecule has 1 aliphatic rings. The van der Waals surface area contributed by atoms with Crippen LogP contribution >= 0.6 is 23.2 Å². The molecule has 1 aromatic carbocycles. The normalized spacial score (nSPS) is 18.4. The lowest BCUT2D eigenvalue weighted by atomic mass is 9.94. The maximum absolute atomic E-state index is 12.2. The zero-order valence-corrected chi connectivity index (χ0v) is 12.8. The van der Waals surface area contributed by atoms with Crippen molar-refractivity contribution in [3.05, 3.63) is 33.8 Å². The molecule has 0 radical (unpaired) electrons. The summed E-state index contributed by atoms with van der Waals surface area (Å²) in [6, 6.07) is 4.95. The maximum Gasteiger partial charge on any atom is 0.254 e. The lowest BCUT2D eigenvalue weighted by Gasteiger charge is -2.27. The van der Waals surface area contributed by atoms with E-state index >= 15 is 0 Å². The summed E-state index contributed by atoms with van der Waals surface area (Å²) in [5.41, 5.74) is -0.534. The van der Waals surface area contributed by atoms with Crippen LogP contribution in [0.1, 0.15) is 48.9 Å². The molecular formula is C15H19Cl2NO2. The fraction of sp³-hybridized carbons (Fsp3) is 0.533. The largest absolute Gasteiger partial charge is 0.388 e. The molecule has 2 rings (SSSR count). The van der Waals surface area contributed by atoms with Gasteiger partial charge in [0.1, 0.15) is 0 Å². The van der Waals surface area contributed by atoms with Crippen LogP contribution in [0.15, 0.2) is 18.2 Å². The van der Waals surface area contributed by atoms with Crippen molar-refractivity contribution in [3.63, 3.8) is 0 Å². The Morgan fingerprint density at radius 1 is 1.15 bits per heavy atom. The molecule has 0 spiro atoms. The number of benzene rings is 1. The average Bonchev–Trinajstić information content (AvgIpc) is 2.62. The monoisotopic (exact) mass is 315 g/mol. The van der Waals surface area contributed by atoms with Crippen molar-refractivity contribution in [2.75, 3.05) is 6.54 Å². The van der Waals surface area contributed by atoms with E-state index in [9.17, 15) is 9.90 Å². The highest BCUT2D eigenvalue weighted by atomic mass is 35.5. The van der Waals surface area contributed by atoms with Gasteiger partial charge in [0.2, 0.25) is 0 Å².